The average Bonchev–Trinajstić information content (AvgIpc) is 2.71. The van der Waals surface area contributed by atoms with Gasteiger partial charge in [-0.1, -0.05) is 9.62 Å². The van der Waals surface area contributed by atoms with E-state index in [1.807, 2.05) is 6.07 Å². The second-order valence-electron chi connectivity index (χ2n) is 7.66. The first kappa shape index (κ1) is 21.9. The van der Waals surface area contributed by atoms with Crippen molar-refractivity contribution in [3.05, 3.63) is 59.8 Å². The predicted molar refractivity (Wildman–Crippen MR) is 120 cm³/mol. The first-order valence-corrected chi connectivity index (χ1v) is 12.2. The molecule has 0 spiro atoms. The maximum atomic E-state index is 14.6. The topological polar surface area (TPSA) is 104 Å². The van der Waals surface area contributed by atoms with Crippen LogP contribution >= 0.6 is 0 Å². The van der Waals surface area contributed by atoms with E-state index in [9.17, 15) is 8.78 Å². The van der Waals surface area contributed by atoms with Crippen LogP contribution in [0.1, 0.15) is 18.4 Å². The summed E-state index contributed by atoms with van der Waals surface area (Å²) in [4.78, 5) is 8.33. The Balaban J connectivity index is 1.78. The highest BCUT2D eigenvalue weighted by Crippen LogP contribution is 2.33. The highest BCUT2D eigenvalue weighted by molar-refractivity contribution is 7.91. The summed E-state index contributed by atoms with van der Waals surface area (Å²) in [5, 5.41) is 3.05. The van der Waals surface area contributed by atoms with Gasteiger partial charge in [-0.05, 0) is 42.7 Å². The Kier molecular flexibility index (Phi) is 6.22. The van der Waals surface area contributed by atoms with Gasteiger partial charge in [0.1, 0.15) is 23.0 Å². The molecule has 0 fully saturated rings. The van der Waals surface area contributed by atoms with Gasteiger partial charge in [0.2, 0.25) is 5.95 Å². The molecule has 4 bridgehead atoms. The fourth-order valence-electron chi connectivity index (χ4n) is 3.37. The molecule has 4 rings (SSSR count). The van der Waals surface area contributed by atoms with Crippen LogP contribution in [0.4, 0.5) is 20.4 Å². The lowest BCUT2D eigenvalue weighted by molar-refractivity contribution is 0.266. The Morgan fingerprint density at radius 1 is 1.06 bits per heavy atom. The fraction of sp³-hybridized carbons (Fsp3) is 0.273. The van der Waals surface area contributed by atoms with Crippen LogP contribution in [-0.4, -0.2) is 29.4 Å². The van der Waals surface area contributed by atoms with Gasteiger partial charge in [0, 0.05) is 35.4 Å². The Bertz CT molecular complexity index is 1250. The molecule has 0 amide bonds. The van der Waals surface area contributed by atoms with Gasteiger partial charge >= 0.3 is 0 Å². The highest BCUT2D eigenvalue weighted by Gasteiger charge is 2.16. The zero-order valence-corrected chi connectivity index (χ0v) is 18.3. The first-order valence-electron chi connectivity index (χ1n) is 10.0. The van der Waals surface area contributed by atoms with Gasteiger partial charge in [0.05, 0.1) is 19.4 Å². The molecule has 168 valence electrons. The van der Waals surface area contributed by atoms with Crippen LogP contribution in [0.3, 0.4) is 0 Å². The van der Waals surface area contributed by atoms with Crippen LogP contribution in [0, 0.1) is 21.2 Å². The molecule has 0 unspecified atom stereocenters. The van der Waals surface area contributed by atoms with Crippen molar-refractivity contribution in [1.82, 2.24) is 9.97 Å². The van der Waals surface area contributed by atoms with Crippen molar-refractivity contribution in [2.24, 2.45) is 0 Å². The normalized spacial score (nSPS) is 14.1. The summed E-state index contributed by atoms with van der Waals surface area (Å²) in [6.45, 7) is 0.745. The van der Waals surface area contributed by atoms with Crippen molar-refractivity contribution in [2.75, 3.05) is 24.8 Å². The third-order valence-corrected chi connectivity index (χ3v) is 5.60. The van der Waals surface area contributed by atoms with Crippen LogP contribution in [0.2, 0.25) is 0 Å². The number of anilines is 2. The quantitative estimate of drug-likeness (QED) is 0.468. The first-order chi connectivity index (χ1) is 15.3. The molecule has 2 heterocycles. The van der Waals surface area contributed by atoms with Gasteiger partial charge < -0.3 is 14.8 Å². The van der Waals surface area contributed by atoms with Crippen LogP contribution in [-0.2, 0) is 15.4 Å². The van der Waals surface area contributed by atoms with Gasteiger partial charge in [-0.3, -0.25) is 9.56 Å². The molecule has 0 saturated carbocycles. The zero-order valence-electron chi connectivity index (χ0n) is 17.5. The summed E-state index contributed by atoms with van der Waals surface area (Å²) in [5.41, 5.74) is 1.71. The molecule has 3 aromatic rings. The Morgan fingerprint density at radius 3 is 2.62 bits per heavy atom. The van der Waals surface area contributed by atoms with E-state index >= 15 is 0 Å². The zero-order chi connectivity index (χ0) is 22.7. The van der Waals surface area contributed by atoms with Gasteiger partial charge in [-0.15, -0.1) is 0 Å². The number of rotatable bonds is 2. The molecule has 10 heteroatoms. The van der Waals surface area contributed by atoms with Gasteiger partial charge in [0.25, 0.3) is 0 Å². The average molecular weight is 460 g/mol. The van der Waals surface area contributed by atoms with E-state index in [-0.39, 0.29) is 23.1 Å². The third kappa shape index (κ3) is 5.50. The minimum Gasteiger partial charge on any atom is -0.494 e. The molecule has 0 aliphatic carbocycles. The number of nitrogens with zero attached hydrogens (tertiary/aromatic N) is 2. The number of ether oxygens (including phenoxy) is 2. The second kappa shape index (κ2) is 9.07. The molecular weight excluding hydrogens is 436 g/mol. The van der Waals surface area contributed by atoms with E-state index in [0.29, 0.717) is 43.1 Å². The maximum absolute atomic E-state index is 14.6. The summed E-state index contributed by atoms with van der Waals surface area (Å²) < 4.78 is 56.0. The molecule has 0 saturated heterocycles. The van der Waals surface area contributed by atoms with E-state index in [4.69, 9.17) is 19.0 Å². The number of benzene rings is 2. The van der Waals surface area contributed by atoms with Crippen LogP contribution < -0.4 is 14.8 Å². The predicted octanol–water partition coefficient (Wildman–Crippen LogP) is 5.53. The molecule has 1 aliphatic heterocycles. The van der Waals surface area contributed by atoms with Crippen molar-refractivity contribution in [3.8, 4) is 22.8 Å². The molecule has 0 radical (unpaired) electrons. The van der Waals surface area contributed by atoms with Crippen molar-refractivity contribution < 1.29 is 18.3 Å². The lowest BCUT2D eigenvalue weighted by atomic mass is 10.1. The van der Waals surface area contributed by atoms with E-state index in [1.54, 1.807) is 18.4 Å². The summed E-state index contributed by atoms with van der Waals surface area (Å²) in [6.07, 6.45) is 3.99. The van der Waals surface area contributed by atoms with Crippen molar-refractivity contribution >= 4 is 21.3 Å². The largest absolute Gasteiger partial charge is 0.494 e. The van der Waals surface area contributed by atoms with E-state index in [1.165, 1.54) is 18.2 Å². The smallest absolute Gasteiger partial charge is 0.227 e. The van der Waals surface area contributed by atoms with Crippen molar-refractivity contribution in [3.63, 3.8) is 0 Å². The Morgan fingerprint density at radius 2 is 1.84 bits per heavy atom. The lowest BCUT2D eigenvalue weighted by Crippen LogP contribution is -2.04. The maximum Gasteiger partial charge on any atom is 0.227 e. The van der Waals surface area contributed by atoms with E-state index in [2.05, 4.69) is 15.3 Å². The molecule has 1 aliphatic rings. The minimum absolute atomic E-state index is 0.00524. The van der Waals surface area contributed by atoms with Gasteiger partial charge in [-0.25, -0.2) is 18.7 Å². The summed E-state index contributed by atoms with van der Waals surface area (Å²) in [6, 6.07) is 9.29. The number of aromatic nitrogens is 2. The molecule has 32 heavy (non-hydrogen) atoms. The number of hydrogen-bond donors (Lipinski definition) is 3. The molecule has 2 aromatic carbocycles. The second-order valence-corrected chi connectivity index (χ2v) is 10.1. The monoisotopic (exact) mass is 459 g/mol. The minimum atomic E-state index is -2.27. The SMILES string of the molecule is CS(=N)(=N)Cc1cc2cc(c1)OCCCCOc1cc(F)ccc1-c1nc(ncc1F)N2. The molecule has 1 aromatic heterocycles. The van der Waals surface area contributed by atoms with E-state index < -0.39 is 21.3 Å². The standard InChI is InChI=1S/C22H23F2N5O2S/c1-32(25,26)13-14-8-16-11-17(9-14)30-6-2-3-7-31-20-10-15(23)4-5-18(20)21-19(24)12-27-22(28-16)29-21/h4-5,8-12,25-26H,2-3,6-7,13H2,1H3,(H,27,28,29). The molecule has 7 nitrogen and oxygen atoms in total. The number of fused-ring (bicyclic) bond motifs is 6. The number of halogens is 2. The Labute approximate surface area is 185 Å². The Hall–Kier alpha value is -3.27. The van der Waals surface area contributed by atoms with E-state index in [0.717, 1.165) is 11.8 Å². The van der Waals surface area contributed by atoms with Crippen LogP contribution in [0.25, 0.3) is 11.3 Å². The lowest BCUT2D eigenvalue weighted by Gasteiger charge is -2.13. The molecule has 0 atom stereocenters. The van der Waals surface area contributed by atoms with Gasteiger partial charge in [-0.2, -0.15) is 0 Å². The number of nitrogens with one attached hydrogen (secondary N) is 3. The number of hydrogen-bond acceptors (Lipinski definition) is 7. The third-order valence-electron chi connectivity index (χ3n) is 4.69. The highest BCUT2D eigenvalue weighted by atomic mass is 32.2. The van der Waals surface area contributed by atoms with Crippen molar-refractivity contribution in [2.45, 2.75) is 18.6 Å². The summed E-state index contributed by atoms with van der Waals surface area (Å²) >= 11 is 0. The summed E-state index contributed by atoms with van der Waals surface area (Å²) in [5.74, 6) is 0.0800. The summed E-state index contributed by atoms with van der Waals surface area (Å²) in [7, 11) is -2.27. The van der Waals surface area contributed by atoms with Gasteiger partial charge in [0.15, 0.2) is 5.82 Å². The van der Waals surface area contributed by atoms with Crippen molar-refractivity contribution in [1.29, 1.82) is 9.56 Å². The van der Waals surface area contributed by atoms with Crippen LogP contribution in [0.15, 0.2) is 42.6 Å². The molecular formula is C22H23F2N5O2S. The van der Waals surface area contributed by atoms with Crippen LogP contribution in [0.5, 0.6) is 11.5 Å². The molecule has 3 N–H and O–H groups in total. The fourth-order valence-corrected chi connectivity index (χ4v) is 4.20.